The largest absolute Gasteiger partial charge is 0.499 e. The number of ketones is 2. The van der Waals surface area contributed by atoms with Gasteiger partial charge in [-0.1, -0.05) is 0 Å². The van der Waals surface area contributed by atoms with Crippen molar-refractivity contribution in [2.75, 3.05) is 7.11 Å². The number of fused-ring (bicyclic) bond motifs is 1. The molecule has 0 radical (unpaired) electrons. The third-order valence-corrected chi connectivity index (χ3v) is 3.43. The Balaban J connectivity index is 2.55. The SMILES string of the molecule is COC1=CC(=O)CC2OC(C)(C)CC(=O)[C@@]12C#N. The summed E-state index contributed by atoms with van der Waals surface area (Å²) in [6, 6.07) is 2.01. The molecular formula is C13H15NO4. The van der Waals surface area contributed by atoms with Crippen molar-refractivity contribution in [3.05, 3.63) is 11.8 Å². The van der Waals surface area contributed by atoms with Crippen molar-refractivity contribution < 1.29 is 19.1 Å². The van der Waals surface area contributed by atoms with Crippen molar-refractivity contribution in [3.63, 3.8) is 0 Å². The van der Waals surface area contributed by atoms with E-state index in [1.165, 1.54) is 13.2 Å². The van der Waals surface area contributed by atoms with Crippen LogP contribution in [0.5, 0.6) is 0 Å². The molecule has 5 nitrogen and oxygen atoms in total. The number of hydrogen-bond donors (Lipinski definition) is 0. The van der Waals surface area contributed by atoms with Gasteiger partial charge in [-0.25, -0.2) is 0 Å². The first kappa shape index (κ1) is 12.8. The first-order valence-electron chi connectivity index (χ1n) is 5.77. The average Bonchev–Trinajstić information content (AvgIpc) is 2.26. The lowest BCUT2D eigenvalue weighted by Gasteiger charge is -2.46. The molecule has 1 aliphatic heterocycles. The molecule has 96 valence electrons. The van der Waals surface area contributed by atoms with E-state index in [0.717, 1.165) is 0 Å². The molecule has 2 aliphatic rings. The van der Waals surface area contributed by atoms with Gasteiger partial charge in [0.25, 0.3) is 0 Å². The van der Waals surface area contributed by atoms with Gasteiger partial charge < -0.3 is 9.47 Å². The summed E-state index contributed by atoms with van der Waals surface area (Å²) in [6.45, 7) is 3.56. The molecule has 1 saturated heterocycles. The molecule has 1 heterocycles. The minimum Gasteiger partial charge on any atom is -0.499 e. The predicted octanol–water partition coefficient (Wildman–Crippen LogP) is 1.14. The maximum Gasteiger partial charge on any atom is 0.198 e. The summed E-state index contributed by atoms with van der Waals surface area (Å²) in [5.41, 5.74) is -2.11. The van der Waals surface area contributed by atoms with Gasteiger partial charge in [0.15, 0.2) is 17.0 Å². The molecule has 1 aliphatic carbocycles. The highest BCUT2D eigenvalue weighted by Gasteiger charge is 2.59. The second kappa shape index (κ2) is 3.92. The van der Waals surface area contributed by atoms with Gasteiger partial charge in [0, 0.05) is 18.9 Å². The maximum absolute atomic E-state index is 12.3. The van der Waals surface area contributed by atoms with Crippen LogP contribution in [0.4, 0.5) is 0 Å². The Morgan fingerprint density at radius 1 is 1.50 bits per heavy atom. The second-order valence-electron chi connectivity index (χ2n) is 5.27. The summed E-state index contributed by atoms with van der Waals surface area (Å²) < 4.78 is 10.8. The van der Waals surface area contributed by atoms with E-state index in [4.69, 9.17) is 9.47 Å². The van der Waals surface area contributed by atoms with Crippen LogP contribution in [0, 0.1) is 16.7 Å². The number of methoxy groups -OCH3 is 1. The fraction of sp³-hybridized carbons (Fsp3) is 0.615. The van der Waals surface area contributed by atoms with Gasteiger partial charge in [0.05, 0.1) is 24.9 Å². The fourth-order valence-electron chi connectivity index (χ4n) is 2.62. The van der Waals surface area contributed by atoms with Crippen LogP contribution in [0.1, 0.15) is 26.7 Å². The highest BCUT2D eigenvalue weighted by Crippen LogP contribution is 2.46. The highest BCUT2D eigenvalue weighted by molar-refractivity contribution is 6.00. The van der Waals surface area contributed by atoms with Crippen LogP contribution < -0.4 is 0 Å². The quantitative estimate of drug-likeness (QED) is 0.696. The molecular weight excluding hydrogens is 234 g/mol. The number of carbonyl (C=O) groups is 2. The molecule has 0 aromatic rings. The average molecular weight is 249 g/mol. The zero-order valence-electron chi connectivity index (χ0n) is 10.6. The number of Topliss-reactive ketones (excluding diaryl/α,β-unsaturated/α-hetero) is 1. The Morgan fingerprint density at radius 2 is 2.17 bits per heavy atom. The summed E-state index contributed by atoms with van der Waals surface area (Å²) >= 11 is 0. The van der Waals surface area contributed by atoms with Gasteiger partial charge in [-0.15, -0.1) is 0 Å². The number of nitrogens with zero attached hydrogens (tertiary/aromatic N) is 1. The Labute approximate surface area is 105 Å². The third kappa shape index (κ3) is 1.65. The van der Waals surface area contributed by atoms with E-state index in [1.807, 2.05) is 6.07 Å². The lowest BCUT2D eigenvalue weighted by Crippen LogP contribution is -2.57. The number of carbonyl (C=O) groups excluding carboxylic acids is 2. The van der Waals surface area contributed by atoms with E-state index < -0.39 is 17.1 Å². The zero-order chi connectivity index (χ0) is 13.6. The smallest absolute Gasteiger partial charge is 0.198 e. The predicted molar refractivity (Wildman–Crippen MR) is 61.3 cm³/mol. The number of hydrogen-bond acceptors (Lipinski definition) is 5. The first-order chi connectivity index (χ1) is 8.35. The summed E-state index contributed by atoms with van der Waals surface area (Å²) in [5, 5.41) is 9.42. The summed E-state index contributed by atoms with van der Waals surface area (Å²) in [5.74, 6) is -0.327. The summed E-state index contributed by atoms with van der Waals surface area (Å²) in [6.07, 6.45) is 0.645. The lowest BCUT2D eigenvalue weighted by atomic mass is 9.67. The first-order valence-corrected chi connectivity index (χ1v) is 5.77. The van der Waals surface area contributed by atoms with Gasteiger partial charge in [-0.3, -0.25) is 9.59 Å². The van der Waals surface area contributed by atoms with Crippen molar-refractivity contribution in [1.82, 2.24) is 0 Å². The monoisotopic (exact) mass is 249 g/mol. The Morgan fingerprint density at radius 3 is 2.72 bits per heavy atom. The molecule has 0 N–H and O–H groups in total. The van der Waals surface area contributed by atoms with E-state index in [2.05, 4.69) is 0 Å². The molecule has 0 aromatic carbocycles. The fourth-order valence-corrected chi connectivity index (χ4v) is 2.62. The number of nitriles is 1. The van der Waals surface area contributed by atoms with Crippen molar-refractivity contribution >= 4 is 11.6 Å². The molecule has 18 heavy (non-hydrogen) atoms. The van der Waals surface area contributed by atoms with E-state index in [0.29, 0.717) is 0 Å². The highest BCUT2D eigenvalue weighted by atomic mass is 16.5. The molecule has 1 unspecified atom stereocenters. The number of allylic oxidation sites excluding steroid dienone is 1. The van der Waals surface area contributed by atoms with Crippen LogP contribution in [0.2, 0.25) is 0 Å². The van der Waals surface area contributed by atoms with Crippen LogP contribution in [0.3, 0.4) is 0 Å². The van der Waals surface area contributed by atoms with E-state index >= 15 is 0 Å². The molecule has 2 rings (SSSR count). The second-order valence-corrected chi connectivity index (χ2v) is 5.27. The van der Waals surface area contributed by atoms with E-state index in [9.17, 15) is 14.9 Å². The Kier molecular flexibility index (Phi) is 2.78. The number of ether oxygens (including phenoxy) is 2. The minimum atomic E-state index is -1.46. The third-order valence-electron chi connectivity index (χ3n) is 3.43. The zero-order valence-corrected chi connectivity index (χ0v) is 10.6. The molecule has 5 heteroatoms. The van der Waals surface area contributed by atoms with Gasteiger partial charge in [0.1, 0.15) is 5.76 Å². The molecule has 0 spiro atoms. The normalized spacial score (nSPS) is 34.3. The van der Waals surface area contributed by atoms with Crippen molar-refractivity contribution in [2.24, 2.45) is 5.41 Å². The Bertz CT molecular complexity index is 486. The van der Waals surface area contributed by atoms with E-state index in [1.54, 1.807) is 13.8 Å². The van der Waals surface area contributed by atoms with Gasteiger partial charge in [0.2, 0.25) is 0 Å². The summed E-state index contributed by atoms with van der Waals surface area (Å²) in [4.78, 5) is 23.9. The maximum atomic E-state index is 12.3. The summed E-state index contributed by atoms with van der Waals surface area (Å²) in [7, 11) is 1.35. The molecule has 0 saturated carbocycles. The van der Waals surface area contributed by atoms with Crippen LogP contribution in [0.25, 0.3) is 0 Å². The van der Waals surface area contributed by atoms with Crippen LogP contribution in [-0.2, 0) is 19.1 Å². The molecule has 0 bridgehead atoms. The van der Waals surface area contributed by atoms with Crippen molar-refractivity contribution in [2.45, 2.75) is 38.4 Å². The Hall–Kier alpha value is -1.67. The topological polar surface area (TPSA) is 76.4 Å². The van der Waals surface area contributed by atoms with Crippen molar-refractivity contribution in [3.8, 4) is 6.07 Å². The minimum absolute atomic E-state index is 0.0373. The standard InChI is InChI=1S/C13H15NO4/c1-12(2)6-9(16)13(7-14)10(17-3)4-8(15)5-11(13)18-12/h4,11H,5-6H2,1-3H3/t11?,13-/m0/s1. The van der Waals surface area contributed by atoms with Crippen LogP contribution >= 0.6 is 0 Å². The van der Waals surface area contributed by atoms with E-state index in [-0.39, 0.29) is 30.2 Å². The van der Waals surface area contributed by atoms with Crippen molar-refractivity contribution in [1.29, 1.82) is 5.26 Å². The lowest BCUT2D eigenvalue weighted by molar-refractivity contribution is -0.176. The molecule has 1 fully saturated rings. The number of rotatable bonds is 1. The van der Waals surface area contributed by atoms with Gasteiger partial charge >= 0.3 is 0 Å². The van der Waals surface area contributed by atoms with Crippen LogP contribution in [-0.4, -0.2) is 30.4 Å². The van der Waals surface area contributed by atoms with Gasteiger partial charge in [-0.05, 0) is 13.8 Å². The molecule has 0 amide bonds. The molecule has 0 aromatic heterocycles. The molecule has 2 atom stereocenters. The van der Waals surface area contributed by atoms with Crippen LogP contribution in [0.15, 0.2) is 11.8 Å². The van der Waals surface area contributed by atoms with Gasteiger partial charge in [-0.2, -0.15) is 5.26 Å².